The van der Waals surface area contributed by atoms with E-state index in [4.69, 9.17) is 5.11 Å². The first-order valence-corrected chi connectivity index (χ1v) is 4.24. The van der Waals surface area contributed by atoms with Gasteiger partial charge in [0.1, 0.15) is 0 Å². The molecule has 4 nitrogen and oxygen atoms in total. The molecule has 0 spiro atoms. The van der Waals surface area contributed by atoms with Crippen LogP contribution in [0.25, 0.3) is 0 Å². The van der Waals surface area contributed by atoms with Gasteiger partial charge < -0.3 is 10.0 Å². The zero-order valence-electron chi connectivity index (χ0n) is 8.07. The summed E-state index contributed by atoms with van der Waals surface area (Å²) >= 11 is 0. The number of anilines is 1. The molecule has 0 unspecified atom stereocenters. The van der Waals surface area contributed by atoms with Crippen molar-refractivity contribution in [2.24, 2.45) is 0 Å². The van der Waals surface area contributed by atoms with E-state index in [9.17, 15) is 13.6 Å². The Morgan fingerprint density at radius 2 is 2.27 bits per heavy atom. The van der Waals surface area contributed by atoms with Gasteiger partial charge in [-0.2, -0.15) is 4.39 Å². The van der Waals surface area contributed by atoms with Crippen molar-refractivity contribution >= 4 is 11.6 Å². The number of carbonyl (C=O) groups excluding carboxylic acids is 1. The van der Waals surface area contributed by atoms with E-state index < -0.39 is 17.7 Å². The SMILES string of the molecule is CN(C(=O)CCO)c1cnc(F)cc1F. The molecule has 0 aromatic carbocycles. The Labute approximate surface area is 85.2 Å². The minimum Gasteiger partial charge on any atom is -0.396 e. The fraction of sp³-hybridized carbons (Fsp3) is 0.333. The fourth-order valence-corrected chi connectivity index (χ4v) is 1.04. The highest BCUT2D eigenvalue weighted by Gasteiger charge is 2.15. The van der Waals surface area contributed by atoms with Crippen molar-refractivity contribution < 1.29 is 18.7 Å². The summed E-state index contributed by atoms with van der Waals surface area (Å²) in [5.41, 5.74) is -0.116. The lowest BCUT2D eigenvalue weighted by atomic mass is 10.3. The maximum atomic E-state index is 13.2. The first kappa shape index (κ1) is 11.5. The molecule has 0 saturated carbocycles. The number of aromatic nitrogens is 1. The van der Waals surface area contributed by atoms with Crippen molar-refractivity contribution in [2.75, 3.05) is 18.6 Å². The molecule has 6 heteroatoms. The summed E-state index contributed by atoms with van der Waals surface area (Å²) in [6.45, 7) is -0.320. The van der Waals surface area contributed by atoms with Crippen molar-refractivity contribution in [3.05, 3.63) is 24.0 Å². The van der Waals surface area contributed by atoms with Gasteiger partial charge in [0.05, 0.1) is 24.9 Å². The summed E-state index contributed by atoms with van der Waals surface area (Å²) in [7, 11) is 1.33. The number of hydrogen-bond acceptors (Lipinski definition) is 3. The van der Waals surface area contributed by atoms with Gasteiger partial charge in [-0.25, -0.2) is 9.37 Å². The van der Waals surface area contributed by atoms with Gasteiger partial charge in [-0.15, -0.1) is 0 Å². The van der Waals surface area contributed by atoms with Crippen molar-refractivity contribution in [1.82, 2.24) is 4.98 Å². The lowest BCUT2D eigenvalue weighted by Crippen LogP contribution is -2.27. The van der Waals surface area contributed by atoms with Gasteiger partial charge in [0.2, 0.25) is 11.9 Å². The van der Waals surface area contributed by atoms with Crippen molar-refractivity contribution in [3.63, 3.8) is 0 Å². The zero-order valence-corrected chi connectivity index (χ0v) is 8.07. The van der Waals surface area contributed by atoms with E-state index in [0.717, 1.165) is 11.1 Å². The van der Waals surface area contributed by atoms with Crippen LogP contribution in [0.1, 0.15) is 6.42 Å². The molecule has 0 aliphatic rings. The minimum absolute atomic E-state index is 0.116. The van der Waals surface area contributed by atoms with E-state index >= 15 is 0 Å². The summed E-state index contributed by atoms with van der Waals surface area (Å²) < 4.78 is 25.6. The number of rotatable bonds is 3. The van der Waals surface area contributed by atoms with Crippen molar-refractivity contribution in [3.8, 4) is 0 Å². The number of hydrogen-bond donors (Lipinski definition) is 1. The second kappa shape index (κ2) is 4.79. The van der Waals surface area contributed by atoms with Gasteiger partial charge >= 0.3 is 0 Å². The summed E-state index contributed by atoms with van der Waals surface area (Å²) in [4.78, 5) is 15.5. The van der Waals surface area contributed by atoms with Crippen LogP contribution in [0.4, 0.5) is 14.5 Å². The smallest absolute Gasteiger partial charge is 0.229 e. The second-order valence-electron chi connectivity index (χ2n) is 2.88. The molecule has 0 aliphatic heterocycles. The molecule has 1 rings (SSSR count). The molecule has 82 valence electrons. The highest BCUT2D eigenvalue weighted by Crippen LogP contribution is 2.17. The highest BCUT2D eigenvalue weighted by molar-refractivity contribution is 5.92. The van der Waals surface area contributed by atoms with Crippen molar-refractivity contribution in [2.45, 2.75) is 6.42 Å². The lowest BCUT2D eigenvalue weighted by Gasteiger charge is -2.16. The molecule has 0 fully saturated rings. The molecule has 1 amide bonds. The van der Waals surface area contributed by atoms with E-state index in [-0.39, 0.29) is 18.7 Å². The first-order valence-electron chi connectivity index (χ1n) is 4.24. The van der Waals surface area contributed by atoms with E-state index in [1.165, 1.54) is 7.05 Å². The van der Waals surface area contributed by atoms with Crippen LogP contribution < -0.4 is 4.90 Å². The van der Waals surface area contributed by atoms with Crippen LogP contribution in [-0.2, 0) is 4.79 Å². The average molecular weight is 216 g/mol. The molecule has 15 heavy (non-hydrogen) atoms. The predicted octanol–water partition coefficient (Wildman–Crippen LogP) is 0.705. The highest BCUT2D eigenvalue weighted by atomic mass is 19.1. The number of amides is 1. The molecule has 0 bridgehead atoms. The van der Waals surface area contributed by atoms with Crippen molar-refractivity contribution in [1.29, 1.82) is 0 Å². The van der Waals surface area contributed by atoms with E-state index in [1.807, 2.05) is 0 Å². The van der Waals surface area contributed by atoms with Crippen LogP contribution in [0.3, 0.4) is 0 Å². The number of nitrogens with zero attached hydrogens (tertiary/aromatic N) is 2. The summed E-state index contributed by atoms with van der Waals surface area (Å²) in [6.07, 6.45) is 0.813. The second-order valence-corrected chi connectivity index (χ2v) is 2.88. The average Bonchev–Trinajstić information content (AvgIpc) is 2.17. The zero-order chi connectivity index (χ0) is 11.4. The Bertz CT molecular complexity index is 371. The number of aliphatic hydroxyl groups is 1. The van der Waals surface area contributed by atoms with Crippen LogP contribution in [-0.4, -0.2) is 29.7 Å². The number of aliphatic hydroxyl groups excluding tert-OH is 1. The maximum Gasteiger partial charge on any atom is 0.229 e. The quantitative estimate of drug-likeness (QED) is 0.757. The molecule has 0 saturated heterocycles. The molecule has 1 aromatic rings. The van der Waals surface area contributed by atoms with Gasteiger partial charge in [0.25, 0.3) is 0 Å². The molecule has 1 heterocycles. The third-order valence-electron chi connectivity index (χ3n) is 1.86. The Kier molecular flexibility index (Phi) is 3.68. The number of halogens is 2. The molecule has 0 aliphatic carbocycles. The molecule has 0 radical (unpaired) electrons. The molecular weight excluding hydrogens is 206 g/mol. The topological polar surface area (TPSA) is 53.4 Å². The number of carbonyl (C=O) groups is 1. The Hall–Kier alpha value is -1.56. The lowest BCUT2D eigenvalue weighted by molar-refractivity contribution is -0.118. The van der Waals surface area contributed by atoms with E-state index in [1.54, 1.807) is 0 Å². The van der Waals surface area contributed by atoms with Crippen LogP contribution >= 0.6 is 0 Å². The largest absolute Gasteiger partial charge is 0.396 e. The van der Waals surface area contributed by atoms with Gasteiger partial charge in [-0.1, -0.05) is 0 Å². The van der Waals surface area contributed by atoms with Gasteiger partial charge in [-0.3, -0.25) is 4.79 Å². The molecule has 1 N–H and O–H groups in total. The predicted molar refractivity (Wildman–Crippen MR) is 49.3 cm³/mol. The van der Waals surface area contributed by atoms with Crippen LogP contribution in [0.2, 0.25) is 0 Å². The monoisotopic (exact) mass is 216 g/mol. The van der Waals surface area contributed by atoms with Crippen LogP contribution in [0.5, 0.6) is 0 Å². The van der Waals surface area contributed by atoms with Gasteiger partial charge in [-0.05, 0) is 0 Å². The minimum atomic E-state index is -0.945. The van der Waals surface area contributed by atoms with E-state index in [2.05, 4.69) is 4.98 Å². The standard InChI is InChI=1S/C9H10F2N2O2/c1-13(9(15)2-3-14)7-5-12-8(11)4-6(7)10/h4-5,14H,2-3H2,1H3. The Morgan fingerprint density at radius 1 is 1.60 bits per heavy atom. The van der Waals surface area contributed by atoms with Gasteiger partial charge in [0, 0.05) is 13.1 Å². The Balaban J connectivity index is 2.91. The first-order chi connectivity index (χ1) is 7.06. The Morgan fingerprint density at radius 3 is 2.80 bits per heavy atom. The summed E-state index contributed by atoms with van der Waals surface area (Å²) in [5, 5.41) is 8.53. The molecule has 1 aromatic heterocycles. The third kappa shape index (κ3) is 2.69. The number of pyridine rings is 1. The summed E-state index contributed by atoms with van der Waals surface area (Å²) in [5.74, 6) is -2.28. The molecular formula is C9H10F2N2O2. The third-order valence-corrected chi connectivity index (χ3v) is 1.86. The fourth-order valence-electron chi connectivity index (χ4n) is 1.04. The van der Waals surface area contributed by atoms with E-state index in [0.29, 0.717) is 6.07 Å². The molecule has 0 atom stereocenters. The summed E-state index contributed by atoms with van der Waals surface area (Å²) in [6, 6.07) is 0.595. The van der Waals surface area contributed by atoms with Gasteiger partial charge in [0.15, 0.2) is 5.82 Å². The maximum absolute atomic E-state index is 13.2. The van der Waals surface area contributed by atoms with Crippen LogP contribution in [0, 0.1) is 11.8 Å². The van der Waals surface area contributed by atoms with Crippen LogP contribution in [0.15, 0.2) is 12.3 Å². The normalized spacial score (nSPS) is 10.1.